The lowest BCUT2D eigenvalue weighted by Crippen LogP contribution is -2.36. The van der Waals surface area contributed by atoms with E-state index in [-0.39, 0.29) is 17.5 Å². The van der Waals surface area contributed by atoms with Crippen LogP contribution in [0.4, 0.5) is 17.5 Å². The largest absolute Gasteiger partial charge is 0.497 e. The Balaban J connectivity index is 1.86. The van der Waals surface area contributed by atoms with E-state index in [0.29, 0.717) is 18.9 Å². The highest BCUT2D eigenvalue weighted by atomic mass is 32.2. The van der Waals surface area contributed by atoms with Gasteiger partial charge in [-0.25, -0.2) is 13.4 Å². The van der Waals surface area contributed by atoms with Gasteiger partial charge < -0.3 is 15.0 Å². The summed E-state index contributed by atoms with van der Waals surface area (Å²) in [5, 5.41) is 3.20. The topological polar surface area (TPSA) is 84.4 Å². The fourth-order valence-electron chi connectivity index (χ4n) is 3.21. The molecule has 140 valence electrons. The molecule has 1 saturated heterocycles. The fraction of sp³-hybridized carbons (Fsp3) is 0.444. The van der Waals surface area contributed by atoms with Gasteiger partial charge in [-0.1, -0.05) is 6.07 Å². The summed E-state index contributed by atoms with van der Waals surface area (Å²) < 4.78 is 28.9. The van der Waals surface area contributed by atoms with Crippen LogP contribution in [0.5, 0.6) is 5.75 Å². The fourth-order valence-corrected chi connectivity index (χ4v) is 4.94. The van der Waals surface area contributed by atoms with Gasteiger partial charge in [0.15, 0.2) is 9.84 Å². The molecular formula is C18H24N4O3S. The van der Waals surface area contributed by atoms with Crippen LogP contribution in [-0.2, 0) is 9.84 Å². The highest BCUT2D eigenvalue weighted by molar-refractivity contribution is 7.91. The van der Waals surface area contributed by atoms with Gasteiger partial charge in [-0.2, -0.15) is 4.98 Å². The normalized spacial score (nSPS) is 18.5. The Labute approximate surface area is 154 Å². The molecule has 1 atom stereocenters. The number of benzene rings is 1. The summed E-state index contributed by atoms with van der Waals surface area (Å²) in [6, 6.07) is 9.39. The molecule has 0 amide bonds. The van der Waals surface area contributed by atoms with E-state index in [9.17, 15) is 8.42 Å². The van der Waals surface area contributed by atoms with Crippen LogP contribution in [0.3, 0.4) is 0 Å². The summed E-state index contributed by atoms with van der Waals surface area (Å²) in [4.78, 5) is 11.1. The summed E-state index contributed by atoms with van der Waals surface area (Å²) in [5.74, 6) is 2.39. The molecule has 2 aromatic rings. The van der Waals surface area contributed by atoms with Crippen molar-refractivity contribution in [3.8, 4) is 5.75 Å². The van der Waals surface area contributed by atoms with Gasteiger partial charge >= 0.3 is 0 Å². The Kier molecular flexibility index (Phi) is 5.31. The van der Waals surface area contributed by atoms with Crippen molar-refractivity contribution in [2.75, 3.05) is 35.4 Å². The molecule has 0 saturated carbocycles. The van der Waals surface area contributed by atoms with Gasteiger partial charge in [-0.05, 0) is 32.4 Å². The van der Waals surface area contributed by atoms with Gasteiger partial charge in [-0.3, -0.25) is 0 Å². The van der Waals surface area contributed by atoms with Crippen molar-refractivity contribution in [2.45, 2.75) is 26.3 Å². The molecule has 1 unspecified atom stereocenters. The SMILES string of the molecule is CCN(c1cc(C)nc(Nc2cccc(OC)c2)n1)C1CCS(=O)(=O)C1. The first-order valence-corrected chi connectivity index (χ1v) is 10.5. The van der Waals surface area contributed by atoms with Gasteiger partial charge in [-0.15, -0.1) is 0 Å². The second-order valence-corrected chi connectivity index (χ2v) is 8.62. The highest BCUT2D eigenvalue weighted by Crippen LogP contribution is 2.25. The lowest BCUT2D eigenvalue weighted by atomic mass is 10.2. The van der Waals surface area contributed by atoms with Crippen molar-refractivity contribution in [2.24, 2.45) is 0 Å². The minimum absolute atomic E-state index is 0.0380. The first-order chi connectivity index (χ1) is 12.4. The molecule has 1 aliphatic heterocycles. The molecule has 0 bridgehead atoms. The maximum absolute atomic E-state index is 11.8. The van der Waals surface area contributed by atoms with Gasteiger partial charge in [0.25, 0.3) is 0 Å². The Hall–Kier alpha value is -2.35. The molecule has 1 aromatic carbocycles. The van der Waals surface area contributed by atoms with Crippen molar-refractivity contribution in [3.05, 3.63) is 36.0 Å². The number of nitrogens with one attached hydrogen (secondary N) is 1. The van der Waals surface area contributed by atoms with E-state index in [1.165, 1.54) is 0 Å². The summed E-state index contributed by atoms with van der Waals surface area (Å²) in [6.45, 7) is 4.61. The zero-order valence-electron chi connectivity index (χ0n) is 15.3. The van der Waals surface area contributed by atoms with Gasteiger partial charge in [0, 0.05) is 36.1 Å². The first kappa shape index (κ1) is 18.4. The number of nitrogens with zero attached hydrogens (tertiary/aromatic N) is 3. The maximum Gasteiger partial charge on any atom is 0.229 e. The van der Waals surface area contributed by atoms with Crippen LogP contribution >= 0.6 is 0 Å². The lowest BCUT2D eigenvalue weighted by Gasteiger charge is -2.28. The molecule has 7 nitrogen and oxygen atoms in total. The predicted molar refractivity (Wildman–Crippen MR) is 103 cm³/mol. The van der Waals surface area contributed by atoms with E-state index in [1.807, 2.05) is 44.2 Å². The van der Waals surface area contributed by atoms with Crippen LogP contribution in [-0.4, -0.2) is 49.6 Å². The van der Waals surface area contributed by atoms with E-state index < -0.39 is 9.84 Å². The summed E-state index contributed by atoms with van der Waals surface area (Å²) in [5.41, 5.74) is 1.65. The Morgan fingerprint density at radius 3 is 2.77 bits per heavy atom. The summed E-state index contributed by atoms with van der Waals surface area (Å²) in [6.07, 6.45) is 0.637. The first-order valence-electron chi connectivity index (χ1n) is 8.64. The Bertz CT molecular complexity index is 886. The van der Waals surface area contributed by atoms with Crippen molar-refractivity contribution >= 4 is 27.3 Å². The standard InChI is InChI=1S/C18H24N4O3S/c1-4-22(15-8-9-26(23,24)12-15)17-10-13(2)19-18(21-17)20-14-6-5-7-16(11-14)25-3/h5-7,10-11,15H,4,8-9,12H2,1-3H3,(H,19,20,21). The third-order valence-corrected chi connectivity index (χ3v) is 6.20. The number of aromatic nitrogens is 2. The smallest absolute Gasteiger partial charge is 0.229 e. The molecule has 26 heavy (non-hydrogen) atoms. The zero-order chi connectivity index (χ0) is 18.7. The molecule has 3 rings (SSSR count). The van der Waals surface area contributed by atoms with E-state index in [0.717, 1.165) is 22.9 Å². The van der Waals surface area contributed by atoms with E-state index >= 15 is 0 Å². The molecule has 0 radical (unpaired) electrons. The summed E-state index contributed by atoms with van der Waals surface area (Å²) >= 11 is 0. The number of hydrogen-bond acceptors (Lipinski definition) is 7. The van der Waals surface area contributed by atoms with Crippen LogP contribution in [0.15, 0.2) is 30.3 Å². The molecular weight excluding hydrogens is 352 g/mol. The number of methoxy groups -OCH3 is 1. The molecule has 1 aliphatic rings. The number of hydrogen-bond donors (Lipinski definition) is 1. The van der Waals surface area contributed by atoms with Crippen LogP contribution in [0.25, 0.3) is 0 Å². The van der Waals surface area contributed by atoms with Crippen LogP contribution < -0.4 is 15.0 Å². The summed E-state index contributed by atoms with van der Waals surface area (Å²) in [7, 11) is -1.33. The van der Waals surface area contributed by atoms with Crippen LogP contribution in [0.2, 0.25) is 0 Å². The molecule has 0 aliphatic carbocycles. The molecule has 0 spiro atoms. The van der Waals surface area contributed by atoms with Crippen molar-refractivity contribution in [1.29, 1.82) is 0 Å². The number of ether oxygens (including phenoxy) is 1. The maximum atomic E-state index is 11.8. The second-order valence-electron chi connectivity index (χ2n) is 6.39. The zero-order valence-corrected chi connectivity index (χ0v) is 16.1. The minimum Gasteiger partial charge on any atom is -0.497 e. The third-order valence-electron chi connectivity index (χ3n) is 4.45. The van der Waals surface area contributed by atoms with E-state index in [1.54, 1.807) is 7.11 Å². The Morgan fingerprint density at radius 2 is 2.12 bits per heavy atom. The molecule has 1 fully saturated rings. The number of rotatable bonds is 6. The quantitative estimate of drug-likeness (QED) is 0.829. The Morgan fingerprint density at radius 1 is 1.31 bits per heavy atom. The molecule has 1 aromatic heterocycles. The number of anilines is 3. The molecule has 1 N–H and O–H groups in total. The van der Waals surface area contributed by atoms with Gasteiger partial charge in [0.2, 0.25) is 5.95 Å². The molecule has 8 heteroatoms. The van der Waals surface area contributed by atoms with Gasteiger partial charge in [0.1, 0.15) is 11.6 Å². The highest BCUT2D eigenvalue weighted by Gasteiger charge is 2.32. The van der Waals surface area contributed by atoms with E-state index in [4.69, 9.17) is 4.74 Å². The van der Waals surface area contributed by atoms with Crippen molar-refractivity contribution in [3.63, 3.8) is 0 Å². The van der Waals surface area contributed by atoms with Crippen molar-refractivity contribution < 1.29 is 13.2 Å². The number of sulfone groups is 1. The van der Waals surface area contributed by atoms with Crippen LogP contribution in [0, 0.1) is 6.92 Å². The predicted octanol–water partition coefficient (Wildman–Crippen LogP) is 2.55. The lowest BCUT2D eigenvalue weighted by molar-refractivity contribution is 0.415. The minimum atomic E-state index is -2.95. The average molecular weight is 376 g/mol. The number of aryl methyl sites for hydroxylation is 1. The van der Waals surface area contributed by atoms with Crippen molar-refractivity contribution in [1.82, 2.24) is 9.97 Å². The third kappa shape index (κ3) is 4.24. The monoisotopic (exact) mass is 376 g/mol. The van der Waals surface area contributed by atoms with Crippen LogP contribution in [0.1, 0.15) is 19.0 Å². The van der Waals surface area contributed by atoms with Gasteiger partial charge in [0.05, 0.1) is 18.6 Å². The molecule has 2 heterocycles. The average Bonchev–Trinajstić information content (AvgIpc) is 2.95. The second kappa shape index (κ2) is 7.49. The van der Waals surface area contributed by atoms with E-state index in [2.05, 4.69) is 20.2 Å².